The van der Waals surface area contributed by atoms with Crippen molar-refractivity contribution in [1.82, 2.24) is 15.0 Å². The molecule has 0 bridgehead atoms. The lowest BCUT2D eigenvalue weighted by Crippen LogP contribution is -2.26. The first kappa shape index (κ1) is 12.3. The van der Waals surface area contributed by atoms with Crippen molar-refractivity contribution in [1.29, 1.82) is 0 Å². The topological polar surface area (TPSA) is 47.7 Å². The predicted molar refractivity (Wildman–Crippen MR) is 67.4 cm³/mol. The van der Waals surface area contributed by atoms with Crippen LogP contribution in [0.25, 0.3) is 0 Å². The van der Waals surface area contributed by atoms with E-state index in [1.807, 2.05) is 0 Å². The van der Waals surface area contributed by atoms with Gasteiger partial charge in [-0.25, -0.2) is 0 Å². The normalized spacial score (nSPS) is 10.3. The van der Waals surface area contributed by atoms with E-state index in [9.17, 15) is 0 Å². The molecule has 0 spiro atoms. The Balaban J connectivity index is 2.91. The van der Waals surface area contributed by atoms with Crippen LogP contribution in [0.3, 0.4) is 0 Å². The van der Waals surface area contributed by atoms with E-state index in [-0.39, 0.29) is 0 Å². The highest BCUT2D eigenvalue weighted by molar-refractivity contribution is 7.71. The summed E-state index contributed by atoms with van der Waals surface area (Å²) in [5.74, 6) is 0.764. The Morgan fingerprint density at radius 2 is 2.00 bits per heavy atom. The Bertz CT molecular complexity index is 381. The largest absolute Gasteiger partial charge is 0.343 e. The Hall–Kier alpha value is -0.750. The molecule has 6 heteroatoms. The molecule has 1 heterocycles. The highest BCUT2D eigenvalue weighted by atomic mass is 32.1. The molecule has 0 saturated carbocycles. The second-order valence-corrected chi connectivity index (χ2v) is 4.05. The summed E-state index contributed by atoms with van der Waals surface area (Å²) in [6, 6.07) is 0. The van der Waals surface area contributed by atoms with Gasteiger partial charge in [-0.3, -0.25) is 0 Å². The molecule has 0 unspecified atom stereocenters. The number of hydrogen-bond donors (Lipinski definition) is 2. The van der Waals surface area contributed by atoms with Crippen LogP contribution in [-0.4, -0.2) is 28.0 Å². The number of hydrogen-bond acceptors (Lipinski definition) is 4. The Labute approximate surface area is 99.8 Å². The SMILES string of the molecule is CCCCN(CC)c1nc(=S)[nH]c(=S)[nH]1. The molecule has 1 aromatic heterocycles. The minimum atomic E-state index is 0.434. The Morgan fingerprint density at radius 3 is 2.53 bits per heavy atom. The summed E-state index contributed by atoms with van der Waals surface area (Å²) in [7, 11) is 0. The van der Waals surface area contributed by atoms with Crippen molar-refractivity contribution in [3.63, 3.8) is 0 Å². The van der Waals surface area contributed by atoms with Crippen LogP contribution in [0.1, 0.15) is 26.7 Å². The van der Waals surface area contributed by atoms with E-state index in [1.54, 1.807) is 0 Å². The molecule has 4 nitrogen and oxygen atoms in total. The molecule has 0 aliphatic carbocycles. The predicted octanol–water partition coefficient (Wildman–Crippen LogP) is 2.82. The van der Waals surface area contributed by atoms with Gasteiger partial charge in [0.1, 0.15) is 0 Å². The van der Waals surface area contributed by atoms with Gasteiger partial charge in [-0.15, -0.1) is 0 Å². The number of nitrogens with zero attached hydrogens (tertiary/aromatic N) is 2. The number of unbranched alkanes of at least 4 members (excludes halogenated alkanes) is 1. The number of H-pyrrole nitrogens is 2. The maximum absolute atomic E-state index is 5.02. The summed E-state index contributed by atoms with van der Waals surface area (Å²) < 4.78 is 0.962. The van der Waals surface area contributed by atoms with Crippen molar-refractivity contribution >= 4 is 30.4 Å². The first-order valence-corrected chi connectivity index (χ1v) is 5.94. The van der Waals surface area contributed by atoms with Crippen molar-refractivity contribution in [2.45, 2.75) is 26.7 Å². The third-order valence-electron chi connectivity index (χ3n) is 2.12. The van der Waals surface area contributed by atoms with Crippen LogP contribution in [0.4, 0.5) is 5.95 Å². The number of aromatic amines is 2. The van der Waals surface area contributed by atoms with Crippen molar-refractivity contribution in [2.24, 2.45) is 0 Å². The average Bonchev–Trinajstić information content (AvgIpc) is 2.17. The zero-order chi connectivity index (χ0) is 11.3. The van der Waals surface area contributed by atoms with E-state index in [2.05, 4.69) is 33.7 Å². The second-order valence-electron chi connectivity index (χ2n) is 3.25. The molecule has 84 valence electrons. The van der Waals surface area contributed by atoms with Gasteiger partial charge in [0.2, 0.25) is 10.7 Å². The van der Waals surface area contributed by atoms with E-state index in [0.717, 1.165) is 31.9 Å². The summed E-state index contributed by atoms with van der Waals surface area (Å²) in [5.41, 5.74) is 0. The minimum absolute atomic E-state index is 0.434. The van der Waals surface area contributed by atoms with E-state index in [4.69, 9.17) is 24.4 Å². The van der Waals surface area contributed by atoms with Crippen molar-refractivity contribution < 1.29 is 0 Å². The number of nitrogens with one attached hydrogen (secondary N) is 2. The summed E-state index contributed by atoms with van der Waals surface area (Å²) in [6.45, 7) is 6.13. The summed E-state index contributed by atoms with van der Waals surface area (Å²) >= 11 is 10.0. The number of aromatic nitrogens is 3. The molecule has 0 radical (unpaired) electrons. The zero-order valence-electron chi connectivity index (χ0n) is 9.04. The highest BCUT2D eigenvalue weighted by Crippen LogP contribution is 2.06. The molecule has 0 aliphatic heterocycles. The van der Waals surface area contributed by atoms with Gasteiger partial charge in [0.25, 0.3) is 0 Å². The van der Waals surface area contributed by atoms with Crippen LogP contribution >= 0.6 is 24.4 Å². The van der Waals surface area contributed by atoms with Gasteiger partial charge in [-0.1, -0.05) is 13.3 Å². The monoisotopic (exact) mass is 244 g/mol. The van der Waals surface area contributed by atoms with E-state index in [1.165, 1.54) is 0 Å². The number of rotatable bonds is 5. The van der Waals surface area contributed by atoms with Gasteiger partial charge in [0.05, 0.1) is 0 Å². The molecule has 0 amide bonds. The standard InChI is InChI=1S/C9H16N4S2/c1-3-5-6-13(4-2)7-10-8(14)12-9(15)11-7/h3-6H2,1-2H3,(H2,10,11,12,14,15). The van der Waals surface area contributed by atoms with Crippen LogP contribution in [0, 0.1) is 9.54 Å². The third kappa shape index (κ3) is 3.71. The van der Waals surface area contributed by atoms with Crippen LogP contribution in [0.5, 0.6) is 0 Å². The minimum Gasteiger partial charge on any atom is -0.343 e. The van der Waals surface area contributed by atoms with Crippen LogP contribution in [-0.2, 0) is 0 Å². The smallest absolute Gasteiger partial charge is 0.207 e. The molecule has 0 fully saturated rings. The molecular weight excluding hydrogens is 228 g/mol. The average molecular weight is 244 g/mol. The van der Waals surface area contributed by atoms with Crippen LogP contribution in [0.2, 0.25) is 0 Å². The zero-order valence-corrected chi connectivity index (χ0v) is 10.7. The quantitative estimate of drug-likeness (QED) is 0.782. The highest BCUT2D eigenvalue weighted by Gasteiger charge is 2.05. The summed E-state index contributed by atoms with van der Waals surface area (Å²) in [6.07, 6.45) is 2.30. The molecule has 1 rings (SSSR count). The van der Waals surface area contributed by atoms with Crippen molar-refractivity contribution in [3.05, 3.63) is 9.54 Å². The van der Waals surface area contributed by atoms with Crippen molar-refractivity contribution in [3.8, 4) is 0 Å². The molecule has 15 heavy (non-hydrogen) atoms. The Kier molecular flexibility index (Phi) is 4.90. The van der Waals surface area contributed by atoms with Gasteiger partial charge >= 0.3 is 0 Å². The van der Waals surface area contributed by atoms with Gasteiger partial charge in [0.15, 0.2) is 4.77 Å². The maximum atomic E-state index is 5.02. The molecular formula is C9H16N4S2. The third-order valence-corrected chi connectivity index (χ3v) is 2.51. The van der Waals surface area contributed by atoms with Gasteiger partial charge < -0.3 is 14.9 Å². The fourth-order valence-electron chi connectivity index (χ4n) is 1.29. The molecule has 0 aromatic carbocycles. The van der Waals surface area contributed by atoms with Crippen molar-refractivity contribution in [2.75, 3.05) is 18.0 Å². The van der Waals surface area contributed by atoms with Gasteiger partial charge in [-0.05, 0) is 37.8 Å². The van der Waals surface area contributed by atoms with Gasteiger partial charge in [0, 0.05) is 13.1 Å². The van der Waals surface area contributed by atoms with Crippen LogP contribution < -0.4 is 4.90 Å². The lowest BCUT2D eigenvalue weighted by atomic mass is 10.3. The number of anilines is 1. The lowest BCUT2D eigenvalue weighted by molar-refractivity contribution is 0.708. The lowest BCUT2D eigenvalue weighted by Gasteiger charge is -2.20. The molecule has 2 N–H and O–H groups in total. The molecule has 0 atom stereocenters. The molecule has 0 aliphatic rings. The van der Waals surface area contributed by atoms with E-state index in [0.29, 0.717) is 9.54 Å². The van der Waals surface area contributed by atoms with Gasteiger partial charge in [-0.2, -0.15) is 4.98 Å². The second kappa shape index (κ2) is 5.97. The molecule has 1 aromatic rings. The fraction of sp³-hybridized carbons (Fsp3) is 0.667. The maximum Gasteiger partial charge on any atom is 0.207 e. The van der Waals surface area contributed by atoms with E-state index < -0.39 is 0 Å². The first-order chi connectivity index (χ1) is 7.17. The Morgan fingerprint density at radius 1 is 1.27 bits per heavy atom. The summed E-state index contributed by atoms with van der Waals surface area (Å²) in [5, 5.41) is 0. The van der Waals surface area contributed by atoms with E-state index >= 15 is 0 Å². The molecule has 0 saturated heterocycles. The first-order valence-electron chi connectivity index (χ1n) is 5.13. The fourth-order valence-corrected chi connectivity index (χ4v) is 1.74. The summed E-state index contributed by atoms with van der Waals surface area (Å²) in [4.78, 5) is 12.2. The van der Waals surface area contributed by atoms with Crippen LogP contribution in [0.15, 0.2) is 0 Å².